The molecule has 1 aliphatic rings. The summed E-state index contributed by atoms with van der Waals surface area (Å²) in [6.07, 6.45) is 0.840. The number of thiocarbonyl (C=S) groups is 1. The van der Waals surface area contributed by atoms with E-state index in [1.165, 1.54) is 0 Å². The predicted octanol–water partition coefficient (Wildman–Crippen LogP) is 0.963. The lowest BCUT2D eigenvalue weighted by molar-refractivity contribution is -0.127. The van der Waals surface area contributed by atoms with Crippen molar-refractivity contribution in [1.82, 2.24) is 4.90 Å². The lowest BCUT2D eigenvalue weighted by Gasteiger charge is -2.13. The summed E-state index contributed by atoms with van der Waals surface area (Å²) in [5, 5.41) is 3.21. The summed E-state index contributed by atoms with van der Waals surface area (Å²) < 4.78 is 0. The standard InChI is InChI=1S/C12H15N3OS/c1-15-7-6-10(12(15)16)14-9-4-2-8(3-5-9)11(13)17/h2-5,10,14H,6-7H2,1H3,(H2,13,17). The summed E-state index contributed by atoms with van der Waals surface area (Å²) in [4.78, 5) is 13.8. The van der Waals surface area contributed by atoms with Crippen LogP contribution in [0.3, 0.4) is 0 Å². The van der Waals surface area contributed by atoms with Crippen LogP contribution in [-0.4, -0.2) is 35.4 Å². The van der Waals surface area contributed by atoms with Gasteiger partial charge in [0.1, 0.15) is 11.0 Å². The average molecular weight is 249 g/mol. The Kier molecular flexibility index (Phi) is 3.28. The number of amides is 1. The number of rotatable bonds is 3. The van der Waals surface area contributed by atoms with Gasteiger partial charge in [-0.3, -0.25) is 4.79 Å². The molecule has 0 aromatic heterocycles. The Balaban J connectivity index is 2.04. The molecule has 5 heteroatoms. The Hall–Kier alpha value is -1.62. The number of benzene rings is 1. The van der Waals surface area contributed by atoms with Crippen molar-refractivity contribution in [2.75, 3.05) is 18.9 Å². The van der Waals surface area contributed by atoms with Crippen molar-refractivity contribution in [2.45, 2.75) is 12.5 Å². The molecular formula is C12H15N3OS. The summed E-state index contributed by atoms with van der Waals surface area (Å²) >= 11 is 4.88. The van der Waals surface area contributed by atoms with Crippen LogP contribution >= 0.6 is 12.2 Å². The molecule has 0 bridgehead atoms. The normalized spacial score (nSPS) is 19.5. The van der Waals surface area contributed by atoms with E-state index in [2.05, 4.69) is 5.32 Å². The largest absolute Gasteiger partial charge is 0.389 e. The highest BCUT2D eigenvalue weighted by Crippen LogP contribution is 2.16. The molecule has 2 rings (SSSR count). The molecule has 0 radical (unpaired) electrons. The van der Waals surface area contributed by atoms with Crippen molar-refractivity contribution in [2.24, 2.45) is 5.73 Å². The van der Waals surface area contributed by atoms with E-state index in [0.717, 1.165) is 24.2 Å². The molecule has 1 aromatic carbocycles. The number of hydrogen-bond acceptors (Lipinski definition) is 3. The molecule has 0 saturated carbocycles. The monoisotopic (exact) mass is 249 g/mol. The first-order valence-corrected chi connectivity index (χ1v) is 5.90. The van der Waals surface area contributed by atoms with Crippen LogP contribution in [0.4, 0.5) is 5.69 Å². The van der Waals surface area contributed by atoms with Crippen molar-refractivity contribution in [1.29, 1.82) is 0 Å². The summed E-state index contributed by atoms with van der Waals surface area (Å²) in [6, 6.07) is 7.37. The van der Waals surface area contributed by atoms with Crippen molar-refractivity contribution >= 4 is 28.8 Å². The van der Waals surface area contributed by atoms with Crippen LogP contribution in [-0.2, 0) is 4.79 Å². The maximum absolute atomic E-state index is 11.7. The van der Waals surface area contributed by atoms with E-state index in [9.17, 15) is 4.79 Å². The van der Waals surface area contributed by atoms with Gasteiger partial charge in [0.2, 0.25) is 5.91 Å². The van der Waals surface area contributed by atoms with Crippen molar-refractivity contribution in [3.8, 4) is 0 Å². The van der Waals surface area contributed by atoms with Crippen LogP contribution in [0, 0.1) is 0 Å². The van der Waals surface area contributed by atoms with Crippen molar-refractivity contribution < 1.29 is 4.79 Å². The van der Waals surface area contributed by atoms with Gasteiger partial charge in [-0.1, -0.05) is 12.2 Å². The number of carbonyl (C=O) groups excluding carboxylic acids is 1. The summed E-state index contributed by atoms with van der Waals surface area (Å²) in [5.74, 6) is 0.142. The van der Waals surface area contributed by atoms with Crippen LogP contribution in [0.2, 0.25) is 0 Å². The number of hydrogen-bond donors (Lipinski definition) is 2. The molecule has 1 unspecified atom stereocenters. The lowest BCUT2D eigenvalue weighted by Crippen LogP contribution is -2.30. The van der Waals surface area contributed by atoms with Crippen molar-refractivity contribution in [3.63, 3.8) is 0 Å². The zero-order valence-corrected chi connectivity index (χ0v) is 10.5. The number of nitrogens with one attached hydrogen (secondary N) is 1. The first-order valence-electron chi connectivity index (χ1n) is 5.49. The zero-order chi connectivity index (χ0) is 12.4. The Labute approximate surface area is 106 Å². The molecular weight excluding hydrogens is 234 g/mol. The zero-order valence-electron chi connectivity index (χ0n) is 9.64. The number of nitrogens with two attached hydrogens (primary N) is 1. The van der Waals surface area contributed by atoms with Crippen LogP contribution in [0.25, 0.3) is 0 Å². The smallest absolute Gasteiger partial charge is 0.244 e. The Morgan fingerprint density at radius 1 is 1.47 bits per heavy atom. The van der Waals surface area contributed by atoms with Crippen LogP contribution in [0.1, 0.15) is 12.0 Å². The van der Waals surface area contributed by atoms with Gasteiger partial charge in [0.15, 0.2) is 0 Å². The lowest BCUT2D eigenvalue weighted by atomic mass is 10.2. The molecule has 1 saturated heterocycles. The van der Waals surface area contributed by atoms with Crippen LogP contribution in [0.5, 0.6) is 0 Å². The van der Waals surface area contributed by atoms with Gasteiger partial charge in [-0.05, 0) is 30.7 Å². The third-order valence-electron chi connectivity index (χ3n) is 2.94. The predicted molar refractivity (Wildman–Crippen MR) is 72.0 cm³/mol. The third kappa shape index (κ3) is 2.55. The molecule has 1 amide bonds. The SMILES string of the molecule is CN1CCC(Nc2ccc(C(N)=S)cc2)C1=O. The van der Waals surface area contributed by atoms with Crippen LogP contribution in [0.15, 0.2) is 24.3 Å². The molecule has 90 valence electrons. The highest BCUT2D eigenvalue weighted by Gasteiger charge is 2.28. The van der Waals surface area contributed by atoms with E-state index in [0.29, 0.717) is 4.99 Å². The minimum Gasteiger partial charge on any atom is -0.389 e. The molecule has 17 heavy (non-hydrogen) atoms. The summed E-state index contributed by atoms with van der Waals surface area (Å²) in [6.45, 7) is 0.807. The van der Waals surface area contributed by atoms with Gasteiger partial charge in [0.25, 0.3) is 0 Å². The molecule has 4 nitrogen and oxygen atoms in total. The second-order valence-corrected chi connectivity index (χ2v) is 4.63. The van der Waals surface area contributed by atoms with Gasteiger partial charge in [0.05, 0.1) is 0 Å². The van der Waals surface area contributed by atoms with E-state index in [1.54, 1.807) is 4.90 Å². The van der Waals surface area contributed by atoms with Gasteiger partial charge in [-0.2, -0.15) is 0 Å². The first-order chi connectivity index (χ1) is 8.08. The van der Waals surface area contributed by atoms with Gasteiger partial charge >= 0.3 is 0 Å². The van der Waals surface area contributed by atoms with Gasteiger partial charge < -0.3 is 16.0 Å². The number of likely N-dealkylation sites (N-methyl/N-ethyl adjacent to an activating group) is 1. The third-order valence-corrected chi connectivity index (χ3v) is 3.17. The Bertz CT molecular complexity index is 444. The molecule has 1 aliphatic heterocycles. The molecule has 1 aromatic rings. The fraction of sp³-hybridized carbons (Fsp3) is 0.333. The molecule has 1 atom stereocenters. The number of likely N-dealkylation sites (tertiary alicyclic amines) is 1. The fourth-order valence-corrected chi connectivity index (χ4v) is 2.02. The Morgan fingerprint density at radius 3 is 2.59 bits per heavy atom. The topological polar surface area (TPSA) is 58.4 Å². The molecule has 0 aliphatic carbocycles. The fourth-order valence-electron chi connectivity index (χ4n) is 1.89. The van der Waals surface area contributed by atoms with Crippen LogP contribution < -0.4 is 11.1 Å². The summed E-state index contributed by atoms with van der Waals surface area (Å²) in [5.41, 5.74) is 7.27. The maximum Gasteiger partial charge on any atom is 0.244 e. The van der Waals surface area contributed by atoms with E-state index >= 15 is 0 Å². The van der Waals surface area contributed by atoms with Crippen molar-refractivity contribution in [3.05, 3.63) is 29.8 Å². The van der Waals surface area contributed by atoms with E-state index in [4.69, 9.17) is 18.0 Å². The second-order valence-electron chi connectivity index (χ2n) is 4.19. The first kappa shape index (κ1) is 11.9. The van der Waals surface area contributed by atoms with E-state index in [1.807, 2.05) is 31.3 Å². The van der Waals surface area contributed by atoms with E-state index in [-0.39, 0.29) is 11.9 Å². The van der Waals surface area contributed by atoms with E-state index < -0.39 is 0 Å². The highest BCUT2D eigenvalue weighted by atomic mass is 32.1. The molecule has 0 spiro atoms. The minimum absolute atomic E-state index is 0.115. The second kappa shape index (κ2) is 4.71. The van der Waals surface area contributed by atoms with Gasteiger partial charge in [0, 0.05) is 24.8 Å². The maximum atomic E-state index is 11.7. The number of anilines is 1. The summed E-state index contributed by atoms with van der Waals surface area (Å²) in [7, 11) is 1.82. The quantitative estimate of drug-likeness (QED) is 0.784. The molecule has 1 fully saturated rings. The average Bonchev–Trinajstić information content (AvgIpc) is 2.62. The van der Waals surface area contributed by atoms with Gasteiger partial charge in [-0.25, -0.2) is 0 Å². The number of carbonyl (C=O) groups is 1. The molecule has 3 N–H and O–H groups in total. The van der Waals surface area contributed by atoms with Gasteiger partial charge in [-0.15, -0.1) is 0 Å². The minimum atomic E-state index is -0.115. The Morgan fingerprint density at radius 2 is 2.12 bits per heavy atom. The highest BCUT2D eigenvalue weighted by molar-refractivity contribution is 7.80. The molecule has 1 heterocycles. The number of nitrogens with zero attached hydrogens (tertiary/aromatic N) is 1.